The highest BCUT2D eigenvalue weighted by molar-refractivity contribution is 14.0. The predicted octanol–water partition coefficient (Wildman–Crippen LogP) is 4.40. The Hall–Kier alpha value is -1.67. The molecule has 0 saturated carbocycles. The molecule has 0 aromatic carbocycles. The second kappa shape index (κ2) is 13.0. The largest absolute Gasteiger partial charge is 0.468 e. The van der Waals surface area contributed by atoms with Crippen molar-refractivity contribution in [2.24, 2.45) is 4.99 Å². The van der Waals surface area contributed by atoms with E-state index in [2.05, 4.69) is 25.0 Å². The number of alkyl halides is 3. The van der Waals surface area contributed by atoms with Crippen LogP contribution in [0.1, 0.15) is 36.2 Å². The number of guanidine groups is 1. The van der Waals surface area contributed by atoms with E-state index in [1.165, 1.54) is 12.3 Å². The maximum atomic E-state index is 12.2. The number of hydrogen-bond acceptors (Lipinski definition) is 6. The Morgan fingerprint density at radius 3 is 2.68 bits per heavy atom. The van der Waals surface area contributed by atoms with Crippen LogP contribution in [0.2, 0.25) is 0 Å². The van der Waals surface area contributed by atoms with Crippen molar-refractivity contribution < 1.29 is 22.6 Å². The van der Waals surface area contributed by atoms with Gasteiger partial charge < -0.3 is 19.7 Å². The molecule has 12 heteroatoms. The van der Waals surface area contributed by atoms with Crippen LogP contribution in [-0.4, -0.2) is 54.3 Å². The lowest BCUT2D eigenvalue weighted by Gasteiger charge is -2.21. The molecule has 0 fully saturated rings. The number of thiazole rings is 1. The zero-order valence-electron chi connectivity index (χ0n) is 17.8. The molecule has 174 valence electrons. The molecular formula is C19H27F3IN5O2S. The van der Waals surface area contributed by atoms with Crippen molar-refractivity contribution >= 4 is 41.3 Å². The van der Waals surface area contributed by atoms with Crippen LogP contribution in [-0.2, 0) is 17.8 Å². The molecule has 0 spiro atoms. The van der Waals surface area contributed by atoms with Crippen LogP contribution in [0, 0.1) is 0 Å². The molecule has 0 bridgehead atoms. The van der Waals surface area contributed by atoms with E-state index >= 15 is 0 Å². The number of hydrogen-bond donors (Lipinski definition) is 1. The highest BCUT2D eigenvalue weighted by atomic mass is 127. The van der Waals surface area contributed by atoms with E-state index in [1.807, 2.05) is 31.2 Å². The zero-order chi connectivity index (χ0) is 22.1. The fraction of sp³-hybridized carbons (Fsp3) is 0.526. The van der Waals surface area contributed by atoms with Gasteiger partial charge in [-0.2, -0.15) is 13.2 Å². The number of ether oxygens (including phenoxy) is 2. The first-order valence-electron chi connectivity index (χ1n) is 9.32. The number of halogens is 4. The Morgan fingerprint density at radius 2 is 2.10 bits per heavy atom. The molecule has 2 aromatic heterocycles. The summed E-state index contributed by atoms with van der Waals surface area (Å²) in [6.07, 6.45) is -2.99. The second-order valence-electron chi connectivity index (χ2n) is 6.49. The first-order valence-corrected chi connectivity index (χ1v) is 10.2. The molecular weight excluding hydrogens is 546 g/mol. The number of aromatic nitrogens is 2. The molecule has 1 N–H and O–H groups in total. The minimum absolute atomic E-state index is 0. The first-order chi connectivity index (χ1) is 14.2. The maximum Gasteiger partial charge on any atom is 0.422 e. The monoisotopic (exact) mass is 573 g/mol. The maximum absolute atomic E-state index is 12.2. The van der Waals surface area contributed by atoms with Crippen molar-refractivity contribution in [3.63, 3.8) is 0 Å². The number of rotatable bonds is 9. The standard InChI is InChI=1S/C19H26F3N5O2S.HI/c1-5-23-18(27(3)10-15-11-30-17(26-15)13(2)28-4)25-9-14-6-7-16(24-8-14)29-12-19(20,21)22;/h6-8,11,13H,5,9-10,12H2,1-4H3,(H,23,25);1H. The second-order valence-corrected chi connectivity index (χ2v) is 7.38. The Labute approximate surface area is 201 Å². The number of nitrogens with zero attached hydrogens (tertiary/aromatic N) is 4. The van der Waals surface area contributed by atoms with Crippen LogP contribution in [0.4, 0.5) is 13.2 Å². The molecule has 0 saturated heterocycles. The number of aliphatic imine (C=N–C) groups is 1. The van der Waals surface area contributed by atoms with Gasteiger partial charge in [-0.15, -0.1) is 35.3 Å². The molecule has 0 amide bonds. The van der Waals surface area contributed by atoms with Crippen molar-refractivity contribution in [3.05, 3.63) is 40.0 Å². The van der Waals surface area contributed by atoms with Crippen LogP contribution in [0.15, 0.2) is 28.7 Å². The summed E-state index contributed by atoms with van der Waals surface area (Å²) < 4.78 is 46.5. The van der Waals surface area contributed by atoms with E-state index in [0.29, 0.717) is 25.6 Å². The lowest BCUT2D eigenvalue weighted by Crippen LogP contribution is -2.38. The molecule has 2 rings (SSSR count). The van der Waals surface area contributed by atoms with Crippen molar-refractivity contribution in [1.82, 2.24) is 20.2 Å². The highest BCUT2D eigenvalue weighted by Gasteiger charge is 2.28. The summed E-state index contributed by atoms with van der Waals surface area (Å²) >= 11 is 1.55. The third-order valence-corrected chi connectivity index (χ3v) is 5.01. The normalized spacial score (nSPS) is 12.8. The van der Waals surface area contributed by atoms with E-state index in [0.717, 1.165) is 16.3 Å². The van der Waals surface area contributed by atoms with Gasteiger partial charge in [0, 0.05) is 38.3 Å². The van der Waals surface area contributed by atoms with Crippen LogP contribution in [0.3, 0.4) is 0 Å². The molecule has 7 nitrogen and oxygen atoms in total. The first kappa shape index (κ1) is 27.4. The Kier molecular flexibility index (Phi) is 11.5. The van der Waals surface area contributed by atoms with Crippen LogP contribution >= 0.6 is 35.3 Å². The van der Waals surface area contributed by atoms with Gasteiger partial charge >= 0.3 is 6.18 Å². The summed E-state index contributed by atoms with van der Waals surface area (Å²) in [5.41, 5.74) is 1.67. The van der Waals surface area contributed by atoms with Gasteiger partial charge in [0.15, 0.2) is 12.6 Å². The molecule has 31 heavy (non-hydrogen) atoms. The van der Waals surface area contributed by atoms with E-state index in [1.54, 1.807) is 24.5 Å². The number of pyridine rings is 1. The van der Waals surface area contributed by atoms with Crippen molar-refractivity contribution in [2.45, 2.75) is 39.2 Å². The van der Waals surface area contributed by atoms with E-state index in [-0.39, 0.29) is 36.0 Å². The molecule has 2 aromatic rings. The Balaban J connectivity index is 0.00000480. The lowest BCUT2D eigenvalue weighted by molar-refractivity contribution is -0.154. The molecule has 1 atom stereocenters. The van der Waals surface area contributed by atoms with Crippen LogP contribution in [0.5, 0.6) is 5.88 Å². The number of methoxy groups -OCH3 is 1. The Morgan fingerprint density at radius 1 is 1.35 bits per heavy atom. The minimum Gasteiger partial charge on any atom is -0.468 e. The molecule has 2 heterocycles. The molecule has 0 aliphatic rings. The zero-order valence-corrected chi connectivity index (χ0v) is 20.9. The Bertz CT molecular complexity index is 818. The number of nitrogens with one attached hydrogen (secondary N) is 1. The molecule has 0 aliphatic heterocycles. The summed E-state index contributed by atoms with van der Waals surface area (Å²) in [7, 11) is 3.56. The van der Waals surface area contributed by atoms with Crippen molar-refractivity contribution in [3.8, 4) is 5.88 Å². The average Bonchev–Trinajstić information content (AvgIpc) is 3.17. The lowest BCUT2D eigenvalue weighted by atomic mass is 10.3. The van der Waals surface area contributed by atoms with Crippen LogP contribution < -0.4 is 10.1 Å². The van der Waals surface area contributed by atoms with Gasteiger partial charge in [0.2, 0.25) is 5.88 Å². The SMILES string of the molecule is CCNC(=NCc1ccc(OCC(F)(F)F)nc1)N(C)Cc1csc(C(C)OC)n1.I. The van der Waals surface area contributed by atoms with Gasteiger partial charge in [-0.25, -0.2) is 15.0 Å². The summed E-state index contributed by atoms with van der Waals surface area (Å²) in [6, 6.07) is 3.05. The van der Waals surface area contributed by atoms with Gasteiger partial charge in [-0.1, -0.05) is 6.07 Å². The van der Waals surface area contributed by atoms with Gasteiger partial charge in [-0.3, -0.25) is 0 Å². The molecule has 0 radical (unpaired) electrons. The van der Waals surface area contributed by atoms with E-state index in [4.69, 9.17) is 4.74 Å². The summed E-state index contributed by atoms with van der Waals surface area (Å²) in [5.74, 6) is 0.609. The van der Waals surface area contributed by atoms with E-state index in [9.17, 15) is 13.2 Å². The smallest absolute Gasteiger partial charge is 0.422 e. The highest BCUT2D eigenvalue weighted by Crippen LogP contribution is 2.21. The van der Waals surface area contributed by atoms with Gasteiger partial charge in [0.05, 0.1) is 18.8 Å². The fourth-order valence-corrected chi connectivity index (χ4v) is 3.22. The topological polar surface area (TPSA) is 71.9 Å². The third-order valence-electron chi connectivity index (χ3n) is 3.96. The summed E-state index contributed by atoms with van der Waals surface area (Å²) in [6.45, 7) is 4.14. The van der Waals surface area contributed by atoms with Crippen molar-refractivity contribution in [1.29, 1.82) is 0 Å². The molecule has 0 aliphatic carbocycles. The quantitative estimate of drug-likeness (QED) is 0.273. The minimum atomic E-state index is -4.39. The van der Waals surface area contributed by atoms with Gasteiger partial charge in [0.25, 0.3) is 0 Å². The third kappa shape index (κ3) is 9.56. The summed E-state index contributed by atoms with van der Waals surface area (Å²) in [4.78, 5) is 15.0. The van der Waals surface area contributed by atoms with Crippen molar-refractivity contribution in [2.75, 3.05) is 27.3 Å². The molecule has 1 unspecified atom stereocenters. The average molecular weight is 573 g/mol. The van der Waals surface area contributed by atoms with E-state index < -0.39 is 12.8 Å². The fourth-order valence-electron chi connectivity index (χ4n) is 2.38. The summed E-state index contributed by atoms with van der Waals surface area (Å²) in [5, 5.41) is 6.13. The van der Waals surface area contributed by atoms with Gasteiger partial charge in [-0.05, 0) is 19.4 Å². The van der Waals surface area contributed by atoms with Gasteiger partial charge in [0.1, 0.15) is 11.1 Å². The predicted molar refractivity (Wildman–Crippen MR) is 125 cm³/mol. The van der Waals surface area contributed by atoms with Crippen LogP contribution in [0.25, 0.3) is 0 Å².